The summed E-state index contributed by atoms with van der Waals surface area (Å²) in [4.78, 5) is 2.66. The first kappa shape index (κ1) is 12.4. The van der Waals surface area contributed by atoms with E-state index < -0.39 is 0 Å². The van der Waals surface area contributed by atoms with Crippen molar-refractivity contribution in [1.82, 2.24) is 10.2 Å². The van der Waals surface area contributed by atoms with Gasteiger partial charge in [0, 0.05) is 18.6 Å². The summed E-state index contributed by atoms with van der Waals surface area (Å²) in [5, 5.41) is 3.82. The molecule has 0 aromatic carbocycles. The van der Waals surface area contributed by atoms with Crippen molar-refractivity contribution >= 4 is 0 Å². The average Bonchev–Trinajstić information content (AvgIpc) is 3.15. The van der Waals surface area contributed by atoms with E-state index >= 15 is 0 Å². The molecule has 0 radical (unpaired) electrons. The SMILES string of the molecule is CCC(NCC1CCCCN1CC)C1CC1. The molecule has 2 nitrogen and oxygen atoms in total. The second-order valence-corrected chi connectivity index (χ2v) is 5.54. The van der Waals surface area contributed by atoms with E-state index in [-0.39, 0.29) is 0 Å². The topological polar surface area (TPSA) is 15.3 Å². The van der Waals surface area contributed by atoms with Gasteiger partial charge < -0.3 is 5.32 Å². The van der Waals surface area contributed by atoms with Crippen molar-refractivity contribution in [2.24, 2.45) is 5.92 Å². The summed E-state index contributed by atoms with van der Waals surface area (Å²) in [7, 11) is 0. The first-order chi connectivity index (χ1) is 7.85. The van der Waals surface area contributed by atoms with Crippen LogP contribution in [0.25, 0.3) is 0 Å². The fourth-order valence-corrected chi connectivity index (χ4v) is 3.14. The number of likely N-dealkylation sites (N-methyl/N-ethyl adjacent to an activating group) is 1. The third-order valence-electron chi connectivity index (χ3n) is 4.40. The second kappa shape index (κ2) is 6.02. The Balaban J connectivity index is 1.73. The van der Waals surface area contributed by atoms with Gasteiger partial charge in [0.2, 0.25) is 0 Å². The van der Waals surface area contributed by atoms with Crippen LogP contribution in [0.5, 0.6) is 0 Å². The molecule has 2 unspecified atom stereocenters. The number of nitrogens with zero attached hydrogens (tertiary/aromatic N) is 1. The van der Waals surface area contributed by atoms with Gasteiger partial charge in [0.1, 0.15) is 0 Å². The summed E-state index contributed by atoms with van der Waals surface area (Å²) in [6, 6.07) is 1.62. The number of nitrogens with one attached hydrogen (secondary N) is 1. The van der Waals surface area contributed by atoms with Crippen LogP contribution >= 0.6 is 0 Å². The lowest BCUT2D eigenvalue weighted by Gasteiger charge is -2.36. The van der Waals surface area contributed by atoms with E-state index in [2.05, 4.69) is 24.1 Å². The van der Waals surface area contributed by atoms with Crippen molar-refractivity contribution in [1.29, 1.82) is 0 Å². The standard InChI is InChI=1S/C14H28N2/c1-3-14(12-8-9-12)15-11-13-7-5-6-10-16(13)4-2/h12-15H,3-11H2,1-2H3. The van der Waals surface area contributed by atoms with Crippen LogP contribution < -0.4 is 5.32 Å². The van der Waals surface area contributed by atoms with E-state index in [0.717, 1.165) is 18.0 Å². The first-order valence-electron chi connectivity index (χ1n) is 7.32. The van der Waals surface area contributed by atoms with Gasteiger partial charge in [-0.25, -0.2) is 0 Å². The Labute approximate surface area is 101 Å². The molecule has 16 heavy (non-hydrogen) atoms. The summed E-state index contributed by atoms with van der Waals surface area (Å²) >= 11 is 0. The molecule has 0 bridgehead atoms. The Morgan fingerprint density at radius 3 is 2.62 bits per heavy atom. The van der Waals surface area contributed by atoms with Crippen LogP contribution in [0, 0.1) is 5.92 Å². The average molecular weight is 224 g/mol. The van der Waals surface area contributed by atoms with Crippen LogP contribution in [0.15, 0.2) is 0 Å². The molecule has 2 fully saturated rings. The normalized spacial score (nSPS) is 29.2. The highest BCUT2D eigenvalue weighted by Gasteiger charge is 2.30. The van der Waals surface area contributed by atoms with Crippen LogP contribution in [0.3, 0.4) is 0 Å². The summed E-state index contributed by atoms with van der Waals surface area (Å²) in [6.07, 6.45) is 8.49. The van der Waals surface area contributed by atoms with E-state index in [1.807, 2.05) is 0 Å². The molecule has 1 saturated heterocycles. The molecule has 2 rings (SSSR count). The van der Waals surface area contributed by atoms with Gasteiger partial charge >= 0.3 is 0 Å². The molecule has 2 heteroatoms. The zero-order valence-corrected chi connectivity index (χ0v) is 11.0. The predicted octanol–water partition coefficient (Wildman–Crippen LogP) is 2.64. The molecule has 0 amide bonds. The molecule has 2 aliphatic rings. The second-order valence-electron chi connectivity index (χ2n) is 5.54. The van der Waals surface area contributed by atoms with E-state index in [0.29, 0.717) is 0 Å². The maximum absolute atomic E-state index is 3.82. The largest absolute Gasteiger partial charge is 0.312 e. The first-order valence-corrected chi connectivity index (χ1v) is 7.32. The predicted molar refractivity (Wildman–Crippen MR) is 69.7 cm³/mol. The Morgan fingerprint density at radius 2 is 2.00 bits per heavy atom. The van der Waals surface area contributed by atoms with Gasteiger partial charge in [-0.2, -0.15) is 0 Å². The van der Waals surface area contributed by atoms with Crippen LogP contribution in [0.2, 0.25) is 0 Å². The Morgan fingerprint density at radius 1 is 1.19 bits per heavy atom. The zero-order chi connectivity index (χ0) is 11.4. The maximum Gasteiger partial charge on any atom is 0.0220 e. The molecular weight excluding hydrogens is 196 g/mol. The minimum Gasteiger partial charge on any atom is -0.312 e. The maximum atomic E-state index is 3.82. The highest BCUT2D eigenvalue weighted by molar-refractivity contribution is 4.87. The summed E-state index contributed by atoms with van der Waals surface area (Å²) < 4.78 is 0. The van der Waals surface area contributed by atoms with Gasteiger partial charge in [-0.15, -0.1) is 0 Å². The molecule has 94 valence electrons. The van der Waals surface area contributed by atoms with Crippen molar-refractivity contribution in [3.8, 4) is 0 Å². The van der Waals surface area contributed by atoms with E-state index in [1.165, 1.54) is 58.2 Å². The smallest absolute Gasteiger partial charge is 0.0220 e. The number of hydrogen-bond donors (Lipinski definition) is 1. The number of rotatable bonds is 6. The van der Waals surface area contributed by atoms with Crippen molar-refractivity contribution < 1.29 is 0 Å². The molecule has 1 aliphatic carbocycles. The van der Waals surface area contributed by atoms with Gasteiger partial charge in [0.15, 0.2) is 0 Å². The summed E-state index contributed by atoms with van der Waals surface area (Å²) in [5.41, 5.74) is 0. The van der Waals surface area contributed by atoms with E-state index in [9.17, 15) is 0 Å². The molecular formula is C14H28N2. The van der Waals surface area contributed by atoms with Crippen molar-refractivity contribution in [3.63, 3.8) is 0 Å². The Kier molecular flexibility index (Phi) is 4.66. The van der Waals surface area contributed by atoms with Crippen molar-refractivity contribution in [2.75, 3.05) is 19.6 Å². The minimum atomic E-state index is 0.806. The molecule has 1 saturated carbocycles. The molecule has 1 heterocycles. The molecule has 0 aromatic rings. The van der Waals surface area contributed by atoms with Gasteiger partial charge in [-0.1, -0.05) is 20.3 Å². The quantitative estimate of drug-likeness (QED) is 0.746. The van der Waals surface area contributed by atoms with E-state index in [4.69, 9.17) is 0 Å². The lowest BCUT2D eigenvalue weighted by atomic mass is 10.0. The third-order valence-corrected chi connectivity index (χ3v) is 4.40. The molecule has 2 atom stereocenters. The fraction of sp³-hybridized carbons (Fsp3) is 1.00. The summed E-state index contributed by atoms with van der Waals surface area (Å²) in [6.45, 7) is 8.41. The number of likely N-dealkylation sites (tertiary alicyclic amines) is 1. The molecule has 1 N–H and O–H groups in total. The van der Waals surface area contributed by atoms with Gasteiger partial charge in [-0.05, 0) is 51.1 Å². The van der Waals surface area contributed by atoms with Crippen LogP contribution in [-0.4, -0.2) is 36.6 Å². The van der Waals surface area contributed by atoms with Gasteiger partial charge in [0.05, 0.1) is 0 Å². The van der Waals surface area contributed by atoms with Crippen LogP contribution in [0.4, 0.5) is 0 Å². The third kappa shape index (κ3) is 3.21. The fourth-order valence-electron chi connectivity index (χ4n) is 3.14. The van der Waals surface area contributed by atoms with Gasteiger partial charge in [-0.3, -0.25) is 4.90 Å². The van der Waals surface area contributed by atoms with Gasteiger partial charge in [0.25, 0.3) is 0 Å². The molecule has 1 aliphatic heterocycles. The van der Waals surface area contributed by atoms with Crippen LogP contribution in [-0.2, 0) is 0 Å². The highest BCUT2D eigenvalue weighted by atomic mass is 15.2. The highest BCUT2D eigenvalue weighted by Crippen LogP contribution is 2.34. The number of piperidine rings is 1. The van der Waals surface area contributed by atoms with Crippen molar-refractivity contribution in [3.05, 3.63) is 0 Å². The lowest BCUT2D eigenvalue weighted by molar-refractivity contribution is 0.148. The van der Waals surface area contributed by atoms with Crippen molar-refractivity contribution in [2.45, 2.75) is 64.5 Å². The number of hydrogen-bond acceptors (Lipinski definition) is 2. The summed E-state index contributed by atoms with van der Waals surface area (Å²) in [5.74, 6) is 1.00. The van der Waals surface area contributed by atoms with E-state index in [1.54, 1.807) is 0 Å². The molecule has 0 aromatic heterocycles. The zero-order valence-electron chi connectivity index (χ0n) is 11.0. The Hall–Kier alpha value is -0.0800. The molecule has 0 spiro atoms. The lowest BCUT2D eigenvalue weighted by Crippen LogP contribution is -2.47. The monoisotopic (exact) mass is 224 g/mol. The minimum absolute atomic E-state index is 0.806. The Bertz CT molecular complexity index is 201. The van der Waals surface area contributed by atoms with Crippen LogP contribution in [0.1, 0.15) is 52.4 Å².